The molecule has 1 aliphatic rings. The van der Waals surface area contributed by atoms with Gasteiger partial charge in [0.15, 0.2) is 0 Å². The molecule has 1 N–H and O–H groups in total. The Kier molecular flexibility index (Phi) is 5.53. The molecule has 0 unspecified atom stereocenters. The molecular weight excluding hydrogens is 350 g/mol. The van der Waals surface area contributed by atoms with Crippen molar-refractivity contribution < 1.29 is 14.6 Å². The molecule has 1 saturated heterocycles. The number of benzene rings is 2. The molecule has 4 heteroatoms. The summed E-state index contributed by atoms with van der Waals surface area (Å²) in [6.07, 6.45) is 1.19. The third-order valence-corrected chi connectivity index (χ3v) is 5.35. The second-order valence-electron chi connectivity index (χ2n) is 8.83. The number of carbonyl (C=O) groups excluding carboxylic acids is 1. The number of nitrogens with zero attached hydrogens (tertiary/aromatic N) is 1. The van der Waals surface area contributed by atoms with E-state index in [0.717, 1.165) is 35.1 Å². The van der Waals surface area contributed by atoms with Crippen molar-refractivity contribution >= 4 is 6.09 Å². The molecule has 0 saturated carbocycles. The molecule has 0 bridgehead atoms. The summed E-state index contributed by atoms with van der Waals surface area (Å²) in [7, 11) is 0. The van der Waals surface area contributed by atoms with Crippen LogP contribution >= 0.6 is 0 Å². The average molecular weight is 382 g/mol. The van der Waals surface area contributed by atoms with Gasteiger partial charge in [0.25, 0.3) is 0 Å². The maximum Gasteiger partial charge on any atom is 0.410 e. The van der Waals surface area contributed by atoms with Crippen LogP contribution < -0.4 is 0 Å². The molecule has 1 heterocycles. The van der Waals surface area contributed by atoms with Crippen LogP contribution in [0, 0.1) is 13.8 Å². The average Bonchev–Trinajstić information content (AvgIpc) is 3.11. The first-order valence-electron chi connectivity index (χ1n) is 9.97. The van der Waals surface area contributed by atoms with Crippen molar-refractivity contribution in [1.29, 1.82) is 0 Å². The number of aliphatic hydroxyl groups is 1. The van der Waals surface area contributed by atoms with Crippen molar-refractivity contribution in [2.24, 2.45) is 0 Å². The number of hydrogen-bond acceptors (Lipinski definition) is 3. The molecule has 0 aliphatic carbocycles. The van der Waals surface area contributed by atoms with Gasteiger partial charge in [0.2, 0.25) is 0 Å². The Morgan fingerprint density at radius 1 is 0.964 bits per heavy atom. The summed E-state index contributed by atoms with van der Waals surface area (Å²) in [4.78, 5) is 14.6. The van der Waals surface area contributed by atoms with Gasteiger partial charge in [-0.1, -0.05) is 59.7 Å². The van der Waals surface area contributed by atoms with Crippen LogP contribution in [-0.4, -0.2) is 34.3 Å². The maximum atomic E-state index is 12.9. The minimum absolute atomic E-state index is 0.368. The zero-order valence-corrected chi connectivity index (χ0v) is 17.5. The largest absolute Gasteiger partial charge is 0.444 e. The highest BCUT2D eigenvalue weighted by Gasteiger charge is 2.48. The molecular formula is C24H31NO3. The van der Waals surface area contributed by atoms with E-state index in [4.69, 9.17) is 4.74 Å². The van der Waals surface area contributed by atoms with Crippen LogP contribution in [0.2, 0.25) is 0 Å². The Morgan fingerprint density at radius 3 is 1.86 bits per heavy atom. The second kappa shape index (κ2) is 7.59. The normalized spacial score (nSPS) is 17.6. The number of carbonyl (C=O) groups is 1. The molecule has 150 valence electrons. The molecule has 2 aromatic rings. The molecule has 0 radical (unpaired) electrons. The monoisotopic (exact) mass is 381 g/mol. The zero-order valence-electron chi connectivity index (χ0n) is 17.5. The van der Waals surface area contributed by atoms with Crippen molar-refractivity contribution in [3.8, 4) is 0 Å². The van der Waals surface area contributed by atoms with E-state index < -0.39 is 11.2 Å². The minimum Gasteiger partial charge on any atom is -0.444 e. The van der Waals surface area contributed by atoms with Crippen LogP contribution in [0.5, 0.6) is 0 Å². The molecule has 1 amide bonds. The highest BCUT2D eigenvalue weighted by atomic mass is 16.6. The lowest BCUT2D eigenvalue weighted by Crippen LogP contribution is -2.51. The van der Waals surface area contributed by atoms with E-state index in [1.807, 2.05) is 83.1 Å². The van der Waals surface area contributed by atoms with Gasteiger partial charge in [-0.25, -0.2) is 4.79 Å². The molecule has 4 nitrogen and oxygen atoms in total. The quantitative estimate of drug-likeness (QED) is 0.819. The minimum atomic E-state index is -1.30. The van der Waals surface area contributed by atoms with Crippen LogP contribution in [0.1, 0.15) is 55.9 Å². The smallest absolute Gasteiger partial charge is 0.410 e. The topological polar surface area (TPSA) is 49.8 Å². The van der Waals surface area contributed by atoms with E-state index >= 15 is 0 Å². The van der Waals surface area contributed by atoms with E-state index in [2.05, 4.69) is 0 Å². The van der Waals surface area contributed by atoms with Crippen LogP contribution in [0.15, 0.2) is 48.5 Å². The summed E-state index contributed by atoms with van der Waals surface area (Å²) < 4.78 is 5.63. The van der Waals surface area contributed by atoms with Gasteiger partial charge in [-0.2, -0.15) is 0 Å². The summed E-state index contributed by atoms with van der Waals surface area (Å²) in [5.74, 6) is 0. The first-order chi connectivity index (χ1) is 13.1. The highest BCUT2D eigenvalue weighted by molar-refractivity contribution is 5.69. The van der Waals surface area contributed by atoms with Gasteiger partial charge < -0.3 is 14.7 Å². The Balaban J connectivity index is 2.06. The number of ether oxygens (including phenoxy) is 1. The summed E-state index contributed by atoms with van der Waals surface area (Å²) in [6, 6.07) is 15.5. The second-order valence-corrected chi connectivity index (χ2v) is 8.83. The summed E-state index contributed by atoms with van der Waals surface area (Å²) in [5, 5.41) is 12.1. The van der Waals surface area contributed by atoms with Crippen molar-refractivity contribution in [3.63, 3.8) is 0 Å². The molecule has 1 aliphatic heterocycles. The van der Waals surface area contributed by atoms with Crippen LogP contribution in [0.3, 0.4) is 0 Å². The van der Waals surface area contributed by atoms with Gasteiger partial charge in [-0.15, -0.1) is 0 Å². The van der Waals surface area contributed by atoms with Gasteiger partial charge >= 0.3 is 6.09 Å². The number of rotatable bonds is 3. The van der Waals surface area contributed by atoms with Crippen LogP contribution in [0.25, 0.3) is 0 Å². The van der Waals surface area contributed by atoms with Crippen molar-refractivity contribution in [3.05, 3.63) is 70.8 Å². The Labute approximate surface area is 168 Å². The van der Waals surface area contributed by atoms with Gasteiger partial charge in [0, 0.05) is 6.54 Å². The summed E-state index contributed by atoms with van der Waals surface area (Å²) >= 11 is 0. The lowest BCUT2D eigenvalue weighted by atomic mass is 9.78. The highest BCUT2D eigenvalue weighted by Crippen LogP contribution is 2.41. The Morgan fingerprint density at radius 2 is 1.43 bits per heavy atom. The third-order valence-electron chi connectivity index (χ3n) is 5.35. The number of likely N-dealkylation sites (tertiary alicyclic amines) is 1. The SMILES string of the molecule is Cc1ccc(C(O)(c2ccc(C)cc2)[C@@H]2CCCN2C(=O)OC(C)(C)C)cc1. The van der Waals surface area contributed by atoms with E-state index in [-0.39, 0.29) is 12.1 Å². The van der Waals surface area contributed by atoms with Crippen molar-refractivity contribution in [2.75, 3.05) is 6.54 Å². The van der Waals surface area contributed by atoms with Gasteiger partial charge in [0.05, 0.1) is 6.04 Å². The van der Waals surface area contributed by atoms with Gasteiger partial charge in [-0.05, 0) is 58.6 Å². The molecule has 28 heavy (non-hydrogen) atoms. The van der Waals surface area contributed by atoms with E-state index in [9.17, 15) is 9.90 Å². The van der Waals surface area contributed by atoms with E-state index in [1.165, 1.54) is 0 Å². The summed E-state index contributed by atoms with van der Waals surface area (Å²) in [5.41, 5.74) is 1.98. The maximum absolute atomic E-state index is 12.9. The van der Waals surface area contributed by atoms with Crippen molar-refractivity contribution in [2.45, 2.75) is 64.7 Å². The summed E-state index contributed by atoms with van der Waals surface area (Å²) in [6.45, 7) is 10.2. The Hall–Kier alpha value is -2.33. The van der Waals surface area contributed by atoms with Crippen LogP contribution in [-0.2, 0) is 10.3 Å². The predicted octanol–water partition coefficient (Wildman–Crippen LogP) is 4.94. The fraction of sp³-hybridized carbons (Fsp3) is 0.458. The number of amides is 1. The number of aryl methyl sites for hydroxylation is 2. The lowest BCUT2D eigenvalue weighted by Gasteiger charge is -2.40. The Bertz CT molecular complexity index is 773. The first kappa shape index (κ1) is 20.4. The first-order valence-corrected chi connectivity index (χ1v) is 9.97. The molecule has 1 fully saturated rings. The molecule has 1 atom stereocenters. The lowest BCUT2D eigenvalue weighted by molar-refractivity contribution is -0.0249. The van der Waals surface area contributed by atoms with E-state index in [1.54, 1.807) is 4.90 Å². The fourth-order valence-corrected chi connectivity index (χ4v) is 3.91. The molecule has 0 aromatic heterocycles. The van der Waals surface area contributed by atoms with Crippen LogP contribution in [0.4, 0.5) is 4.79 Å². The molecule has 2 aromatic carbocycles. The number of hydrogen-bond donors (Lipinski definition) is 1. The van der Waals surface area contributed by atoms with Crippen molar-refractivity contribution in [1.82, 2.24) is 4.90 Å². The zero-order chi connectivity index (χ0) is 20.5. The third kappa shape index (κ3) is 4.07. The standard InChI is InChI=1S/C24H31NO3/c1-17-8-12-19(13-9-17)24(27,20-14-10-18(2)11-15-20)21-7-6-16-25(21)22(26)28-23(3,4)5/h8-15,21,27H,6-7,16H2,1-5H3/t21-/m0/s1. The fourth-order valence-electron chi connectivity index (χ4n) is 3.91. The molecule has 0 spiro atoms. The van der Waals surface area contributed by atoms with Gasteiger partial charge in [0.1, 0.15) is 11.2 Å². The van der Waals surface area contributed by atoms with Gasteiger partial charge in [-0.3, -0.25) is 0 Å². The predicted molar refractivity (Wildman–Crippen MR) is 111 cm³/mol. The van der Waals surface area contributed by atoms with E-state index in [0.29, 0.717) is 6.54 Å². The molecule has 3 rings (SSSR count).